The molecule has 1 aromatic heterocycles. The Morgan fingerprint density at radius 3 is 2.71 bits per heavy atom. The van der Waals surface area contributed by atoms with Crippen molar-refractivity contribution in [2.45, 2.75) is 61.9 Å². The van der Waals surface area contributed by atoms with E-state index in [0.29, 0.717) is 25.3 Å². The molecule has 41 heavy (non-hydrogen) atoms. The summed E-state index contributed by atoms with van der Waals surface area (Å²) in [6, 6.07) is 11.4. The second-order valence-electron chi connectivity index (χ2n) is 10.6. The normalized spacial score (nSPS) is 19.6. The Labute approximate surface area is 242 Å². The second-order valence-corrected chi connectivity index (χ2v) is 11.6. The third kappa shape index (κ3) is 5.01. The highest BCUT2D eigenvalue weighted by Gasteiger charge is 2.46. The highest BCUT2D eigenvalue weighted by molar-refractivity contribution is 7.98. The molecule has 2 aromatic carbocycles. The van der Waals surface area contributed by atoms with Crippen LogP contribution in [0.25, 0.3) is 0 Å². The van der Waals surface area contributed by atoms with Crippen molar-refractivity contribution in [2.75, 3.05) is 31.4 Å². The minimum atomic E-state index is -0.899. The molecule has 1 saturated heterocycles. The minimum Gasteiger partial charge on any atom is -0.487 e. The van der Waals surface area contributed by atoms with Crippen LogP contribution in [0.2, 0.25) is 0 Å². The van der Waals surface area contributed by atoms with Gasteiger partial charge in [0.2, 0.25) is 5.43 Å². The van der Waals surface area contributed by atoms with E-state index < -0.39 is 23.8 Å². The first kappa shape index (κ1) is 27.8. The summed E-state index contributed by atoms with van der Waals surface area (Å²) in [5.41, 5.74) is 1.55. The standard InChI is InChI=1S/C31H33F2N3O4S/c1-2-3-4-5-8-16-40-30-24(37)13-14-35-29(30)31(38)34-15-17-39-18-26(34)36(35)28-20-11-12-23(32)27(33)22(20)19-41-25-10-7-6-9-21(25)28/h6-7,9-14,26,28H,2-5,8,15-19H2,1H3/t26-,28+/m0/s1. The summed E-state index contributed by atoms with van der Waals surface area (Å²) >= 11 is 1.45. The highest BCUT2D eigenvalue weighted by atomic mass is 32.2. The number of morpholine rings is 1. The Kier molecular flexibility index (Phi) is 8.03. The molecule has 0 bridgehead atoms. The third-order valence-corrected chi connectivity index (χ3v) is 9.14. The highest BCUT2D eigenvalue weighted by Crippen LogP contribution is 2.45. The van der Waals surface area contributed by atoms with E-state index in [9.17, 15) is 14.0 Å². The summed E-state index contributed by atoms with van der Waals surface area (Å²) in [5.74, 6) is -1.80. The molecular weight excluding hydrogens is 548 g/mol. The number of thioether (sulfide) groups is 1. The first-order valence-electron chi connectivity index (χ1n) is 14.3. The number of fused-ring (bicyclic) bond motifs is 4. The number of halogens is 2. The molecule has 0 radical (unpaired) electrons. The van der Waals surface area contributed by atoms with Crippen LogP contribution < -0.4 is 15.2 Å². The van der Waals surface area contributed by atoms with Crippen LogP contribution in [0.3, 0.4) is 0 Å². The van der Waals surface area contributed by atoms with Crippen molar-refractivity contribution in [2.24, 2.45) is 0 Å². The van der Waals surface area contributed by atoms with E-state index in [0.717, 1.165) is 48.6 Å². The average molecular weight is 582 g/mol. The quantitative estimate of drug-likeness (QED) is 0.322. The molecule has 3 aliphatic heterocycles. The van der Waals surface area contributed by atoms with Crippen LogP contribution in [-0.2, 0) is 10.5 Å². The van der Waals surface area contributed by atoms with Gasteiger partial charge >= 0.3 is 0 Å². The Morgan fingerprint density at radius 2 is 1.85 bits per heavy atom. The van der Waals surface area contributed by atoms with Gasteiger partial charge in [-0.15, -0.1) is 11.8 Å². The van der Waals surface area contributed by atoms with Crippen molar-refractivity contribution < 1.29 is 23.0 Å². The van der Waals surface area contributed by atoms with Crippen LogP contribution in [0.15, 0.2) is 58.4 Å². The predicted octanol–water partition coefficient (Wildman–Crippen LogP) is 5.62. The monoisotopic (exact) mass is 581 g/mol. The van der Waals surface area contributed by atoms with Crippen molar-refractivity contribution in [1.82, 2.24) is 9.58 Å². The fourth-order valence-electron chi connectivity index (χ4n) is 5.99. The number of aromatic nitrogens is 1. The molecule has 3 aliphatic rings. The molecule has 4 heterocycles. The molecule has 1 fully saturated rings. The van der Waals surface area contributed by atoms with Gasteiger partial charge in [-0.1, -0.05) is 56.9 Å². The lowest BCUT2D eigenvalue weighted by Gasteiger charge is -2.51. The van der Waals surface area contributed by atoms with Crippen LogP contribution in [0, 0.1) is 11.6 Å². The van der Waals surface area contributed by atoms with Gasteiger partial charge in [0.1, 0.15) is 6.17 Å². The van der Waals surface area contributed by atoms with Crippen molar-refractivity contribution in [3.05, 3.63) is 92.9 Å². The second kappa shape index (κ2) is 11.9. The average Bonchev–Trinajstić information content (AvgIpc) is 3.15. The molecule has 216 valence electrons. The Hall–Kier alpha value is -3.37. The predicted molar refractivity (Wildman–Crippen MR) is 153 cm³/mol. The van der Waals surface area contributed by atoms with Crippen molar-refractivity contribution in [3.63, 3.8) is 0 Å². The molecule has 3 aromatic rings. The van der Waals surface area contributed by atoms with E-state index in [1.165, 1.54) is 17.8 Å². The minimum absolute atomic E-state index is 0.0183. The zero-order chi connectivity index (χ0) is 28.5. The Morgan fingerprint density at radius 1 is 1.02 bits per heavy atom. The van der Waals surface area contributed by atoms with Crippen LogP contribution in [-0.4, -0.2) is 48.0 Å². The van der Waals surface area contributed by atoms with E-state index in [1.807, 2.05) is 29.3 Å². The van der Waals surface area contributed by atoms with Gasteiger partial charge < -0.3 is 14.4 Å². The van der Waals surface area contributed by atoms with E-state index in [1.54, 1.807) is 21.8 Å². The number of amides is 1. The van der Waals surface area contributed by atoms with Gasteiger partial charge in [-0.3, -0.25) is 19.3 Å². The largest absolute Gasteiger partial charge is 0.487 e. The van der Waals surface area contributed by atoms with Gasteiger partial charge in [0.05, 0.1) is 25.9 Å². The summed E-state index contributed by atoms with van der Waals surface area (Å²) in [4.78, 5) is 29.7. The van der Waals surface area contributed by atoms with Crippen molar-refractivity contribution in [1.29, 1.82) is 0 Å². The molecule has 0 unspecified atom stereocenters. The summed E-state index contributed by atoms with van der Waals surface area (Å²) in [5, 5.41) is 1.96. The van der Waals surface area contributed by atoms with Crippen LogP contribution in [0.5, 0.6) is 5.75 Å². The fourth-order valence-corrected chi connectivity index (χ4v) is 7.10. The van der Waals surface area contributed by atoms with Gasteiger partial charge in [0.25, 0.3) is 5.91 Å². The number of hydrogen-bond acceptors (Lipinski definition) is 6. The number of carbonyl (C=O) groups is 1. The van der Waals surface area contributed by atoms with E-state index in [-0.39, 0.29) is 40.7 Å². The number of carbonyl (C=O) groups excluding carboxylic acids is 1. The molecule has 1 amide bonds. The van der Waals surface area contributed by atoms with Crippen LogP contribution in [0.4, 0.5) is 8.78 Å². The lowest BCUT2D eigenvalue weighted by atomic mass is 9.93. The molecule has 0 aliphatic carbocycles. The number of rotatable bonds is 8. The van der Waals surface area contributed by atoms with Gasteiger partial charge in [0.15, 0.2) is 23.1 Å². The van der Waals surface area contributed by atoms with E-state index in [4.69, 9.17) is 9.47 Å². The third-order valence-electron chi connectivity index (χ3n) is 8.03. The number of ether oxygens (including phenoxy) is 2. The molecule has 0 spiro atoms. The molecule has 6 rings (SSSR count). The topological polar surface area (TPSA) is 64.0 Å². The molecule has 2 atom stereocenters. The van der Waals surface area contributed by atoms with Gasteiger partial charge in [-0.05, 0) is 29.7 Å². The molecule has 0 N–H and O–H groups in total. The number of pyridine rings is 1. The summed E-state index contributed by atoms with van der Waals surface area (Å²) in [7, 11) is 0. The van der Waals surface area contributed by atoms with Crippen LogP contribution in [0.1, 0.15) is 72.2 Å². The Balaban J connectivity index is 1.51. The zero-order valence-corrected chi connectivity index (χ0v) is 23.8. The SMILES string of the molecule is CCCCCCCOc1c2n(ccc1=O)N([C@H]1c3ccccc3SCc3c1ccc(F)c3F)[C@H]1COCCN1C2=O. The van der Waals surface area contributed by atoms with Gasteiger partial charge in [-0.2, -0.15) is 0 Å². The van der Waals surface area contributed by atoms with Gasteiger partial charge in [0, 0.05) is 35.0 Å². The first-order chi connectivity index (χ1) is 20.0. The number of nitrogens with zero attached hydrogens (tertiary/aromatic N) is 3. The fraction of sp³-hybridized carbons (Fsp3) is 0.419. The summed E-state index contributed by atoms with van der Waals surface area (Å²) in [6.45, 7) is 3.38. The molecule has 10 heteroatoms. The lowest BCUT2D eigenvalue weighted by Crippen LogP contribution is -2.66. The van der Waals surface area contributed by atoms with Crippen molar-refractivity contribution in [3.8, 4) is 5.75 Å². The summed E-state index contributed by atoms with van der Waals surface area (Å²) < 4.78 is 43.4. The smallest absolute Gasteiger partial charge is 0.278 e. The summed E-state index contributed by atoms with van der Waals surface area (Å²) in [6.07, 6.45) is 6.14. The maximum atomic E-state index is 15.3. The lowest BCUT2D eigenvalue weighted by molar-refractivity contribution is -0.0198. The number of benzene rings is 2. The molecule has 7 nitrogen and oxygen atoms in total. The Bertz CT molecular complexity index is 1510. The van der Waals surface area contributed by atoms with Crippen molar-refractivity contribution >= 4 is 17.7 Å². The molecular formula is C31H33F2N3O4S. The zero-order valence-electron chi connectivity index (χ0n) is 23.0. The maximum Gasteiger partial charge on any atom is 0.278 e. The first-order valence-corrected chi connectivity index (χ1v) is 15.2. The molecule has 0 saturated carbocycles. The number of hydrogen-bond donors (Lipinski definition) is 0. The van der Waals surface area contributed by atoms with Gasteiger partial charge in [-0.25, -0.2) is 8.78 Å². The number of unbranched alkanes of at least 4 members (excludes halogenated alkanes) is 4. The van der Waals surface area contributed by atoms with E-state index >= 15 is 4.39 Å². The van der Waals surface area contributed by atoms with Crippen LogP contribution >= 0.6 is 11.8 Å². The maximum absolute atomic E-state index is 15.3. The van der Waals surface area contributed by atoms with E-state index in [2.05, 4.69) is 6.92 Å².